The molecule has 0 aliphatic heterocycles. The molecule has 9 heteroatoms. The van der Waals surface area contributed by atoms with E-state index in [9.17, 15) is 19.2 Å². The number of benzene rings is 1. The van der Waals surface area contributed by atoms with Gasteiger partial charge in [0.25, 0.3) is 0 Å². The molecule has 39 heavy (non-hydrogen) atoms. The van der Waals surface area contributed by atoms with Gasteiger partial charge in [0.15, 0.2) is 0 Å². The number of nitrogens with one attached hydrogen (secondary N) is 2. The summed E-state index contributed by atoms with van der Waals surface area (Å²) < 4.78 is 5.37. The molecule has 4 amide bonds. The Hall–Kier alpha value is -3.54. The van der Waals surface area contributed by atoms with Crippen LogP contribution in [0.15, 0.2) is 24.3 Å². The maximum absolute atomic E-state index is 14.2. The average Bonchev–Trinajstić information content (AvgIpc) is 2.81. The molecule has 2 atom stereocenters. The van der Waals surface area contributed by atoms with E-state index in [4.69, 9.17) is 16.9 Å². The van der Waals surface area contributed by atoms with Crippen molar-refractivity contribution in [2.24, 2.45) is 5.73 Å². The summed E-state index contributed by atoms with van der Waals surface area (Å²) in [5.74, 6) is 1.07. The summed E-state index contributed by atoms with van der Waals surface area (Å²) in [6.45, 7) is 13.0. The third-order valence-electron chi connectivity index (χ3n) is 5.67. The quantitative estimate of drug-likeness (QED) is 0.254. The molecule has 0 spiro atoms. The molecular weight excluding hydrogens is 496 g/mol. The third kappa shape index (κ3) is 12.2. The first-order valence-electron chi connectivity index (χ1n) is 13.6. The van der Waals surface area contributed by atoms with Gasteiger partial charge in [0, 0.05) is 24.1 Å². The number of hydrogen-bond donors (Lipinski definition) is 3. The van der Waals surface area contributed by atoms with Crippen LogP contribution in [0.2, 0.25) is 0 Å². The first-order valence-corrected chi connectivity index (χ1v) is 13.6. The second-order valence-electron chi connectivity index (χ2n) is 11.7. The van der Waals surface area contributed by atoms with Crippen LogP contribution in [-0.4, -0.2) is 52.4 Å². The fourth-order valence-electron chi connectivity index (χ4n) is 4.02. The van der Waals surface area contributed by atoms with Crippen molar-refractivity contribution < 1.29 is 23.9 Å². The van der Waals surface area contributed by atoms with Crippen LogP contribution in [0.3, 0.4) is 0 Å². The van der Waals surface area contributed by atoms with E-state index in [2.05, 4.69) is 23.5 Å². The van der Waals surface area contributed by atoms with Crippen LogP contribution >= 0.6 is 0 Å². The topological polar surface area (TPSA) is 131 Å². The second-order valence-corrected chi connectivity index (χ2v) is 11.7. The Morgan fingerprint density at radius 1 is 1.05 bits per heavy atom. The number of nitrogens with zero attached hydrogens (tertiary/aromatic N) is 1. The highest BCUT2D eigenvalue weighted by molar-refractivity contribution is 5.93. The minimum absolute atomic E-state index is 0.0523. The van der Waals surface area contributed by atoms with Crippen molar-refractivity contribution >= 4 is 23.8 Å². The average molecular weight is 543 g/mol. The predicted molar refractivity (Wildman–Crippen MR) is 152 cm³/mol. The van der Waals surface area contributed by atoms with Crippen LogP contribution < -0.4 is 16.4 Å². The molecule has 0 aromatic heterocycles. The van der Waals surface area contributed by atoms with E-state index in [0.717, 1.165) is 19.3 Å². The Bertz CT molecular complexity index is 1030. The highest BCUT2D eigenvalue weighted by atomic mass is 16.6. The van der Waals surface area contributed by atoms with Gasteiger partial charge in [-0.25, -0.2) is 4.79 Å². The number of carbonyl (C=O) groups excluding carboxylic acids is 4. The monoisotopic (exact) mass is 542 g/mol. The lowest BCUT2D eigenvalue weighted by atomic mass is 9.95. The predicted octanol–water partition coefficient (Wildman–Crippen LogP) is 4.19. The summed E-state index contributed by atoms with van der Waals surface area (Å²) in [6, 6.07) is 4.76. The maximum Gasteiger partial charge on any atom is 0.408 e. The molecule has 2 unspecified atom stereocenters. The lowest BCUT2D eigenvalue weighted by Gasteiger charge is -2.36. The minimum Gasteiger partial charge on any atom is -0.444 e. The summed E-state index contributed by atoms with van der Waals surface area (Å²) in [7, 11) is 0. The van der Waals surface area contributed by atoms with E-state index in [-0.39, 0.29) is 19.4 Å². The molecule has 0 fully saturated rings. The molecule has 4 N–H and O–H groups in total. The molecule has 1 aromatic carbocycles. The van der Waals surface area contributed by atoms with E-state index in [1.807, 2.05) is 20.8 Å². The summed E-state index contributed by atoms with van der Waals surface area (Å²) in [5, 5.41) is 5.58. The molecule has 0 bridgehead atoms. The van der Waals surface area contributed by atoms with E-state index < -0.39 is 47.0 Å². The number of primary amides is 1. The van der Waals surface area contributed by atoms with Crippen molar-refractivity contribution in [3.05, 3.63) is 35.4 Å². The van der Waals surface area contributed by atoms with Crippen molar-refractivity contribution in [2.75, 3.05) is 6.54 Å². The number of alkyl carbamates (subject to hydrolysis) is 1. The standard InChI is InChI=1S/C30H46N4O5/c1-9-11-12-15-20-34(27(37)23(18-19-24(31)35)32-28(38)39-30(6,7)8)25(26(36)33-29(3,4)5)22-17-14-13-16-21(22)10-2/h2,13-14,16-17,23,25H,9,11-12,15,18-20H2,1,3-8H3,(H2,31,35)(H,32,38)(H,33,36). The highest BCUT2D eigenvalue weighted by Crippen LogP contribution is 2.27. The van der Waals surface area contributed by atoms with Gasteiger partial charge in [0.1, 0.15) is 17.7 Å². The van der Waals surface area contributed by atoms with Gasteiger partial charge >= 0.3 is 6.09 Å². The Morgan fingerprint density at radius 2 is 1.69 bits per heavy atom. The van der Waals surface area contributed by atoms with Gasteiger partial charge in [-0.2, -0.15) is 0 Å². The molecule has 0 heterocycles. The normalized spacial score (nSPS) is 13.0. The van der Waals surface area contributed by atoms with Crippen molar-refractivity contribution in [1.82, 2.24) is 15.5 Å². The van der Waals surface area contributed by atoms with Crippen LogP contribution in [0.5, 0.6) is 0 Å². The van der Waals surface area contributed by atoms with Gasteiger partial charge < -0.3 is 26.0 Å². The molecule has 0 radical (unpaired) electrons. The smallest absolute Gasteiger partial charge is 0.408 e. The van der Waals surface area contributed by atoms with E-state index in [1.165, 1.54) is 4.90 Å². The van der Waals surface area contributed by atoms with Crippen molar-refractivity contribution in [3.63, 3.8) is 0 Å². The molecule has 0 saturated carbocycles. The lowest BCUT2D eigenvalue weighted by Crippen LogP contribution is -2.55. The van der Waals surface area contributed by atoms with Crippen molar-refractivity contribution in [1.29, 1.82) is 0 Å². The zero-order valence-corrected chi connectivity index (χ0v) is 24.6. The Kier molecular flexibility index (Phi) is 13.0. The molecule has 1 aromatic rings. The number of terminal acetylenes is 1. The summed E-state index contributed by atoms with van der Waals surface area (Å²) >= 11 is 0. The lowest BCUT2D eigenvalue weighted by molar-refractivity contribution is -0.143. The van der Waals surface area contributed by atoms with Gasteiger partial charge in [-0.05, 0) is 66.0 Å². The Morgan fingerprint density at radius 3 is 2.23 bits per heavy atom. The second kappa shape index (κ2) is 15.2. The van der Waals surface area contributed by atoms with E-state index >= 15 is 0 Å². The molecular formula is C30H46N4O5. The zero-order chi connectivity index (χ0) is 29.8. The molecule has 0 saturated heterocycles. The molecule has 9 nitrogen and oxygen atoms in total. The number of carbonyl (C=O) groups is 4. The molecule has 0 aliphatic rings. The first-order chi connectivity index (χ1) is 18.1. The number of nitrogens with two attached hydrogens (primary N) is 1. The zero-order valence-electron chi connectivity index (χ0n) is 24.6. The largest absolute Gasteiger partial charge is 0.444 e. The van der Waals surface area contributed by atoms with E-state index in [1.54, 1.807) is 45.0 Å². The van der Waals surface area contributed by atoms with Gasteiger partial charge in [0.05, 0.1) is 0 Å². The van der Waals surface area contributed by atoms with Crippen LogP contribution in [-0.2, 0) is 19.1 Å². The summed E-state index contributed by atoms with van der Waals surface area (Å²) in [5.41, 5.74) is 4.96. The van der Waals surface area contributed by atoms with Gasteiger partial charge in [0.2, 0.25) is 17.7 Å². The molecule has 0 aliphatic carbocycles. The number of unbranched alkanes of at least 4 members (excludes halogenated alkanes) is 3. The first kappa shape index (κ1) is 33.5. The fraction of sp³-hybridized carbons (Fsp3) is 0.600. The van der Waals surface area contributed by atoms with Crippen molar-refractivity contribution in [3.8, 4) is 12.3 Å². The van der Waals surface area contributed by atoms with Gasteiger partial charge in [-0.1, -0.05) is 50.3 Å². The third-order valence-corrected chi connectivity index (χ3v) is 5.67. The van der Waals surface area contributed by atoms with Crippen LogP contribution in [0.1, 0.15) is 104 Å². The maximum atomic E-state index is 14.2. The minimum atomic E-state index is -1.15. The Labute approximate surface area is 233 Å². The van der Waals surface area contributed by atoms with Crippen molar-refractivity contribution in [2.45, 2.75) is 110 Å². The van der Waals surface area contributed by atoms with Gasteiger partial charge in [-0.3, -0.25) is 14.4 Å². The SMILES string of the molecule is C#Cc1ccccc1C(C(=O)NC(C)(C)C)N(CCCCCC)C(=O)C(CCC(N)=O)NC(=O)OC(C)(C)C. The Balaban J connectivity index is 3.63. The number of ether oxygens (including phenoxy) is 1. The highest BCUT2D eigenvalue weighted by Gasteiger charge is 2.38. The molecule has 1 rings (SSSR count). The fourth-order valence-corrected chi connectivity index (χ4v) is 4.02. The van der Waals surface area contributed by atoms with Crippen LogP contribution in [0.25, 0.3) is 0 Å². The van der Waals surface area contributed by atoms with Crippen LogP contribution in [0.4, 0.5) is 4.79 Å². The van der Waals surface area contributed by atoms with Crippen LogP contribution in [0, 0.1) is 12.3 Å². The number of amides is 4. The molecule has 216 valence electrons. The number of rotatable bonds is 13. The summed E-state index contributed by atoms with van der Waals surface area (Å²) in [6.07, 6.45) is 8.21. The summed E-state index contributed by atoms with van der Waals surface area (Å²) in [4.78, 5) is 53.7. The number of hydrogen-bond acceptors (Lipinski definition) is 5. The van der Waals surface area contributed by atoms with E-state index in [0.29, 0.717) is 17.5 Å². The van der Waals surface area contributed by atoms with Gasteiger partial charge in [-0.15, -0.1) is 6.42 Å².